The molecular formula is C8H10BrNO. The minimum atomic E-state index is 0.0736. The summed E-state index contributed by atoms with van der Waals surface area (Å²) < 4.78 is 1.68. The van der Waals surface area contributed by atoms with Crippen LogP contribution in [-0.4, -0.2) is 9.90 Å². The normalized spacial score (nSPS) is 10.0. The Hall–Kier alpha value is -0.570. The second-order valence-corrected chi connectivity index (χ2v) is 3.22. The fourth-order valence-electron chi connectivity index (χ4n) is 0.883. The summed E-state index contributed by atoms with van der Waals surface area (Å²) in [5.41, 5.74) is 1.09. The number of alkyl halides is 1. The van der Waals surface area contributed by atoms with Crippen LogP contribution < -0.4 is 5.56 Å². The molecule has 0 N–H and O–H groups in total. The van der Waals surface area contributed by atoms with Crippen LogP contribution in [0, 0.1) is 6.92 Å². The van der Waals surface area contributed by atoms with E-state index >= 15 is 0 Å². The van der Waals surface area contributed by atoms with Gasteiger partial charge in [0.2, 0.25) is 0 Å². The summed E-state index contributed by atoms with van der Waals surface area (Å²) in [5.74, 6) is 0. The molecule has 11 heavy (non-hydrogen) atoms. The van der Waals surface area contributed by atoms with Crippen LogP contribution in [0.5, 0.6) is 0 Å². The highest BCUT2D eigenvalue weighted by molar-refractivity contribution is 9.09. The Bertz CT molecular complexity index is 292. The van der Waals surface area contributed by atoms with E-state index in [2.05, 4.69) is 15.9 Å². The van der Waals surface area contributed by atoms with Gasteiger partial charge >= 0.3 is 0 Å². The third-order valence-corrected chi connectivity index (χ3v) is 1.83. The van der Waals surface area contributed by atoms with Crippen LogP contribution in [0.4, 0.5) is 0 Å². The lowest BCUT2D eigenvalue weighted by Crippen LogP contribution is -2.19. The number of halogens is 1. The number of aryl methyl sites for hydroxylation is 2. The van der Waals surface area contributed by atoms with Crippen molar-refractivity contribution in [2.75, 3.05) is 5.33 Å². The number of aromatic nitrogens is 1. The van der Waals surface area contributed by atoms with E-state index in [0.29, 0.717) is 0 Å². The van der Waals surface area contributed by atoms with E-state index in [1.165, 1.54) is 0 Å². The van der Waals surface area contributed by atoms with Crippen LogP contribution in [0.15, 0.2) is 23.1 Å². The van der Waals surface area contributed by atoms with E-state index in [-0.39, 0.29) is 5.56 Å². The smallest absolute Gasteiger partial charge is 0.250 e. The molecule has 0 saturated carbocycles. The maximum absolute atomic E-state index is 11.2. The molecule has 0 fully saturated rings. The van der Waals surface area contributed by atoms with Gasteiger partial charge in [-0.25, -0.2) is 0 Å². The van der Waals surface area contributed by atoms with E-state index < -0.39 is 0 Å². The molecule has 3 heteroatoms. The molecule has 1 heterocycles. The van der Waals surface area contributed by atoms with Gasteiger partial charge in [-0.2, -0.15) is 0 Å². The van der Waals surface area contributed by atoms with Gasteiger partial charge in [-0.05, 0) is 18.6 Å². The maximum atomic E-state index is 11.2. The number of hydrogen-bond donors (Lipinski definition) is 0. The Morgan fingerprint density at radius 1 is 1.64 bits per heavy atom. The van der Waals surface area contributed by atoms with Crippen molar-refractivity contribution in [2.24, 2.45) is 0 Å². The molecule has 0 amide bonds. The second kappa shape index (κ2) is 3.72. The van der Waals surface area contributed by atoms with Crippen molar-refractivity contribution in [1.82, 2.24) is 4.57 Å². The van der Waals surface area contributed by atoms with Gasteiger partial charge in [0.05, 0.1) is 0 Å². The summed E-state index contributed by atoms with van der Waals surface area (Å²) in [6.07, 6.45) is 1.82. The molecule has 0 aliphatic rings. The Balaban J connectivity index is 3.00. The number of hydrogen-bond acceptors (Lipinski definition) is 1. The predicted molar refractivity (Wildman–Crippen MR) is 49.2 cm³/mol. The van der Waals surface area contributed by atoms with E-state index in [9.17, 15) is 4.79 Å². The number of pyridine rings is 1. The molecule has 0 spiro atoms. The van der Waals surface area contributed by atoms with Crippen molar-refractivity contribution >= 4 is 15.9 Å². The summed E-state index contributed by atoms with van der Waals surface area (Å²) >= 11 is 3.28. The summed E-state index contributed by atoms with van der Waals surface area (Å²) in [6.45, 7) is 2.65. The van der Waals surface area contributed by atoms with Gasteiger partial charge in [-0.3, -0.25) is 4.79 Å². The summed E-state index contributed by atoms with van der Waals surface area (Å²) in [6, 6.07) is 3.58. The monoisotopic (exact) mass is 215 g/mol. The molecule has 0 saturated heterocycles. The van der Waals surface area contributed by atoms with Crippen LogP contribution in [0.25, 0.3) is 0 Å². The average molecular weight is 216 g/mol. The zero-order chi connectivity index (χ0) is 8.27. The van der Waals surface area contributed by atoms with Crippen LogP contribution in [0.1, 0.15) is 5.56 Å². The van der Waals surface area contributed by atoms with Crippen molar-refractivity contribution < 1.29 is 0 Å². The summed E-state index contributed by atoms with van der Waals surface area (Å²) in [7, 11) is 0. The van der Waals surface area contributed by atoms with Crippen molar-refractivity contribution in [3.8, 4) is 0 Å². The largest absolute Gasteiger partial charge is 0.315 e. The summed E-state index contributed by atoms with van der Waals surface area (Å²) in [5, 5.41) is 0.815. The molecule has 0 aromatic carbocycles. The fraction of sp³-hybridized carbons (Fsp3) is 0.375. The molecule has 2 nitrogen and oxygen atoms in total. The molecule has 0 aliphatic carbocycles. The highest BCUT2D eigenvalue weighted by Gasteiger charge is 1.92. The first-order valence-corrected chi connectivity index (χ1v) is 4.59. The zero-order valence-corrected chi connectivity index (χ0v) is 7.97. The van der Waals surface area contributed by atoms with Crippen molar-refractivity contribution in [3.05, 3.63) is 34.2 Å². The molecule has 0 bridgehead atoms. The highest BCUT2D eigenvalue weighted by Crippen LogP contribution is 1.91. The Kier molecular flexibility index (Phi) is 2.88. The fourth-order valence-corrected chi connectivity index (χ4v) is 1.26. The molecule has 1 aromatic rings. The lowest BCUT2D eigenvalue weighted by Gasteiger charge is -2.01. The minimum Gasteiger partial charge on any atom is -0.315 e. The van der Waals surface area contributed by atoms with Crippen LogP contribution >= 0.6 is 15.9 Å². The Morgan fingerprint density at radius 2 is 2.36 bits per heavy atom. The van der Waals surface area contributed by atoms with Crippen molar-refractivity contribution in [3.63, 3.8) is 0 Å². The number of nitrogens with zero attached hydrogens (tertiary/aromatic N) is 1. The Morgan fingerprint density at radius 3 is 2.91 bits per heavy atom. The SMILES string of the molecule is Cc1ccn(CCBr)c(=O)c1. The number of rotatable bonds is 2. The zero-order valence-electron chi connectivity index (χ0n) is 6.38. The van der Waals surface area contributed by atoms with Gasteiger partial charge in [0.25, 0.3) is 5.56 Å². The van der Waals surface area contributed by atoms with Gasteiger partial charge < -0.3 is 4.57 Å². The third kappa shape index (κ3) is 2.19. The lowest BCUT2D eigenvalue weighted by atomic mass is 10.3. The molecule has 60 valence electrons. The van der Waals surface area contributed by atoms with Gasteiger partial charge in [-0.1, -0.05) is 15.9 Å². The average Bonchev–Trinajstić information content (AvgIpc) is 1.95. The molecule has 0 atom stereocenters. The maximum Gasteiger partial charge on any atom is 0.250 e. The third-order valence-electron chi connectivity index (χ3n) is 1.48. The van der Waals surface area contributed by atoms with Gasteiger partial charge in [0.1, 0.15) is 0 Å². The quantitative estimate of drug-likeness (QED) is 0.687. The topological polar surface area (TPSA) is 22.0 Å². The van der Waals surface area contributed by atoms with E-state index in [0.717, 1.165) is 17.4 Å². The van der Waals surface area contributed by atoms with Gasteiger partial charge in [0, 0.05) is 24.1 Å². The molecule has 0 aliphatic heterocycles. The van der Waals surface area contributed by atoms with Crippen LogP contribution in [-0.2, 0) is 6.54 Å². The second-order valence-electron chi connectivity index (χ2n) is 2.42. The molecular weight excluding hydrogens is 206 g/mol. The van der Waals surface area contributed by atoms with Gasteiger partial charge in [0.15, 0.2) is 0 Å². The molecule has 1 aromatic heterocycles. The van der Waals surface area contributed by atoms with E-state index in [1.807, 2.05) is 19.2 Å². The van der Waals surface area contributed by atoms with Crippen molar-refractivity contribution in [2.45, 2.75) is 13.5 Å². The lowest BCUT2D eigenvalue weighted by molar-refractivity contribution is 0.736. The van der Waals surface area contributed by atoms with E-state index in [4.69, 9.17) is 0 Å². The first-order chi connectivity index (χ1) is 5.24. The first-order valence-electron chi connectivity index (χ1n) is 3.47. The molecule has 0 radical (unpaired) electrons. The predicted octanol–water partition coefficient (Wildman–Crippen LogP) is 1.55. The van der Waals surface area contributed by atoms with Crippen LogP contribution in [0.2, 0.25) is 0 Å². The molecule has 0 unspecified atom stereocenters. The Labute approximate surface area is 74.0 Å². The minimum absolute atomic E-state index is 0.0736. The van der Waals surface area contributed by atoms with E-state index in [1.54, 1.807) is 10.6 Å². The van der Waals surface area contributed by atoms with Crippen molar-refractivity contribution in [1.29, 1.82) is 0 Å². The molecule has 1 rings (SSSR count). The summed E-state index contributed by atoms with van der Waals surface area (Å²) in [4.78, 5) is 11.2. The first kappa shape index (κ1) is 8.53. The standard InChI is InChI=1S/C8H10BrNO/c1-7-2-4-10(5-3-9)8(11)6-7/h2,4,6H,3,5H2,1H3. The van der Waals surface area contributed by atoms with Gasteiger partial charge in [-0.15, -0.1) is 0 Å². The van der Waals surface area contributed by atoms with Crippen LogP contribution in [0.3, 0.4) is 0 Å². The highest BCUT2D eigenvalue weighted by atomic mass is 79.9.